The number of rotatable bonds is 5. The second-order valence-electron chi connectivity index (χ2n) is 9.27. The minimum Gasteiger partial charge on any atom is -0.359 e. The molecule has 0 unspecified atom stereocenters. The summed E-state index contributed by atoms with van der Waals surface area (Å²) < 4.78 is 5.32. The van der Waals surface area contributed by atoms with Crippen LogP contribution in [0, 0.1) is 0 Å². The fourth-order valence-corrected chi connectivity index (χ4v) is 4.91. The lowest BCUT2D eigenvalue weighted by Crippen LogP contribution is -2.38. The maximum absolute atomic E-state index is 12.7. The first kappa shape index (κ1) is 23.4. The molecule has 0 bridgehead atoms. The summed E-state index contributed by atoms with van der Waals surface area (Å²) in [6.07, 6.45) is 1.95. The van der Waals surface area contributed by atoms with Crippen LogP contribution in [0.3, 0.4) is 0 Å². The minimum absolute atomic E-state index is 0.0861. The van der Waals surface area contributed by atoms with E-state index in [2.05, 4.69) is 15.5 Å². The fraction of sp³-hybridized carbons (Fsp3) is 0.417. The van der Waals surface area contributed by atoms with E-state index in [-0.39, 0.29) is 23.1 Å². The number of carbonyl (C=O) groups is 2. The molecule has 1 aliphatic heterocycles. The number of aromatic nitrogens is 2. The molecule has 0 atom stereocenters. The van der Waals surface area contributed by atoms with Gasteiger partial charge in [-0.15, -0.1) is 11.3 Å². The van der Waals surface area contributed by atoms with E-state index >= 15 is 0 Å². The summed E-state index contributed by atoms with van der Waals surface area (Å²) in [5, 5.41) is 9.99. The summed E-state index contributed by atoms with van der Waals surface area (Å²) in [5.41, 5.74) is 1.03. The number of thiazole rings is 1. The second-order valence-corrected chi connectivity index (χ2v) is 10.6. The van der Waals surface area contributed by atoms with Crippen molar-refractivity contribution in [2.75, 3.05) is 18.4 Å². The molecule has 0 saturated carbocycles. The zero-order valence-electron chi connectivity index (χ0n) is 18.9. The average Bonchev–Trinajstić information content (AvgIpc) is 3.45. The van der Waals surface area contributed by atoms with E-state index in [0.29, 0.717) is 41.8 Å². The Labute approximate surface area is 202 Å². The van der Waals surface area contributed by atoms with Gasteiger partial charge in [-0.05, 0) is 24.5 Å². The molecule has 7 nitrogen and oxygen atoms in total. The van der Waals surface area contributed by atoms with Gasteiger partial charge in [0, 0.05) is 40.9 Å². The van der Waals surface area contributed by atoms with E-state index in [4.69, 9.17) is 16.1 Å². The number of hydrogen-bond acceptors (Lipinski definition) is 6. The normalized spacial score (nSPS) is 15.0. The highest BCUT2D eigenvalue weighted by molar-refractivity contribution is 7.10. The third-order valence-corrected chi connectivity index (χ3v) is 7.12. The Morgan fingerprint density at radius 1 is 1.24 bits per heavy atom. The number of nitrogens with zero attached hydrogens (tertiary/aromatic N) is 3. The number of anilines is 1. The molecule has 1 aromatic carbocycles. The predicted octanol–water partition coefficient (Wildman–Crippen LogP) is 5.28. The third kappa shape index (κ3) is 5.62. The molecule has 3 heterocycles. The number of benzene rings is 1. The van der Waals surface area contributed by atoms with Gasteiger partial charge in [0.25, 0.3) is 5.91 Å². The Hall–Kier alpha value is -2.71. The number of piperidine rings is 1. The van der Waals surface area contributed by atoms with Gasteiger partial charge in [-0.3, -0.25) is 9.59 Å². The van der Waals surface area contributed by atoms with Crippen LogP contribution in [0.25, 0.3) is 0 Å². The lowest BCUT2D eigenvalue weighted by Gasteiger charge is -2.31. The number of halogens is 1. The molecule has 2 aromatic heterocycles. The van der Waals surface area contributed by atoms with E-state index in [9.17, 15) is 9.59 Å². The van der Waals surface area contributed by atoms with Crippen molar-refractivity contribution < 1.29 is 14.1 Å². The summed E-state index contributed by atoms with van der Waals surface area (Å²) in [7, 11) is 0. The monoisotopic (exact) mass is 486 g/mol. The number of nitrogens with one attached hydrogen (secondary N) is 1. The van der Waals surface area contributed by atoms with E-state index < -0.39 is 0 Å². The van der Waals surface area contributed by atoms with Gasteiger partial charge in [-0.25, -0.2) is 4.98 Å². The molecule has 0 radical (unpaired) electrons. The van der Waals surface area contributed by atoms with E-state index in [0.717, 1.165) is 23.4 Å². The molecular formula is C24H27ClN4O3S. The van der Waals surface area contributed by atoms with Crippen LogP contribution in [0.1, 0.15) is 66.4 Å². The maximum atomic E-state index is 12.7. The van der Waals surface area contributed by atoms with Crippen LogP contribution in [0.4, 0.5) is 5.82 Å². The third-order valence-electron chi connectivity index (χ3n) is 5.74. The van der Waals surface area contributed by atoms with Crippen LogP contribution >= 0.6 is 22.9 Å². The van der Waals surface area contributed by atoms with Gasteiger partial charge in [0.05, 0.1) is 11.4 Å². The van der Waals surface area contributed by atoms with Crippen molar-refractivity contribution in [1.82, 2.24) is 15.0 Å². The van der Waals surface area contributed by atoms with Crippen molar-refractivity contribution >= 4 is 40.6 Å². The molecular weight excluding hydrogens is 460 g/mol. The van der Waals surface area contributed by atoms with Crippen molar-refractivity contribution in [3.63, 3.8) is 0 Å². The Kier molecular flexibility index (Phi) is 6.86. The molecule has 9 heteroatoms. The molecule has 0 spiro atoms. The molecule has 4 rings (SSSR count). The molecule has 0 aliphatic carbocycles. The first-order valence-electron chi connectivity index (χ1n) is 11.0. The predicted molar refractivity (Wildman–Crippen MR) is 129 cm³/mol. The standard InChI is InChI=1S/C24H27ClN4O3S/c1-24(2,3)19-13-20(28-32-19)27-22(31)18-14-33-23(26-18)15-8-10-29(11-9-15)21(30)12-16-6-4-5-7-17(16)25/h4-7,13-15H,8-12H2,1-3H3,(H,27,28,31). The Bertz CT molecular complexity index is 1140. The van der Waals surface area contributed by atoms with Crippen LogP contribution in [0.2, 0.25) is 5.02 Å². The largest absolute Gasteiger partial charge is 0.359 e. The fourth-order valence-electron chi connectivity index (χ4n) is 3.74. The highest BCUT2D eigenvalue weighted by Crippen LogP contribution is 2.31. The second kappa shape index (κ2) is 9.65. The van der Waals surface area contributed by atoms with E-state index in [1.807, 2.05) is 43.9 Å². The summed E-state index contributed by atoms with van der Waals surface area (Å²) in [6.45, 7) is 7.39. The zero-order valence-corrected chi connectivity index (χ0v) is 20.5. The van der Waals surface area contributed by atoms with Crippen molar-refractivity contribution in [3.05, 3.63) is 62.8 Å². The van der Waals surface area contributed by atoms with Gasteiger partial charge in [0.15, 0.2) is 5.82 Å². The Morgan fingerprint density at radius 3 is 2.64 bits per heavy atom. The van der Waals surface area contributed by atoms with Crippen LogP contribution in [-0.2, 0) is 16.6 Å². The highest BCUT2D eigenvalue weighted by atomic mass is 35.5. The number of carbonyl (C=O) groups excluding carboxylic acids is 2. The quantitative estimate of drug-likeness (QED) is 0.529. The molecule has 2 amide bonds. The minimum atomic E-state index is -0.307. The molecule has 1 N–H and O–H groups in total. The molecule has 3 aromatic rings. The summed E-state index contributed by atoms with van der Waals surface area (Å²) >= 11 is 7.67. The number of likely N-dealkylation sites (tertiary alicyclic amines) is 1. The smallest absolute Gasteiger partial charge is 0.276 e. The molecule has 33 heavy (non-hydrogen) atoms. The van der Waals surface area contributed by atoms with E-state index in [1.165, 1.54) is 11.3 Å². The van der Waals surface area contributed by atoms with Crippen LogP contribution in [0.15, 0.2) is 40.2 Å². The lowest BCUT2D eigenvalue weighted by atomic mass is 9.93. The SMILES string of the molecule is CC(C)(C)c1cc(NC(=O)c2csc(C3CCN(C(=O)Cc4ccccc4Cl)CC3)n2)no1. The van der Waals surface area contributed by atoms with Crippen LogP contribution in [0.5, 0.6) is 0 Å². The van der Waals surface area contributed by atoms with Gasteiger partial charge in [0.2, 0.25) is 5.91 Å². The summed E-state index contributed by atoms with van der Waals surface area (Å²) in [4.78, 5) is 31.7. The molecule has 1 saturated heterocycles. The summed E-state index contributed by atoms with van der Waals surface area (Å²) in [6, 6.07) is 9.18. The van der Waals surface area contributed by atoms with Crippen molar-refractivity contribution in [1.29, 1.82) is 0 Å². The van der Waals surface area contributed by atoms with Gasteiger partial charge in [-0.2, -0.15) is 0 Å². The van der Waals surface area contributed by atoms with Crippen LogP contribution in [-0.4, -0.2) is 39.9 Å². The zero-order chi connectivity index (χ0) is 23.6. The van der Waals surface area contributed by atoms with Crippen molar-refractivity contribution in [2.45, 2.75) is 51.4 Å². The maximum Gasteiger partial charge on any atom is 0.276 e. The number of hydrogen-bond donors (Lipinski definition) is 1. The van der Waals surface area contributed by atoms with Gasteiger partial charge < -0.3 is 14.7 Å². The van der Waals surface area contributed by atoms with Crippen LogP contribution < -0.4 is 5.32 Å². The van der Waals surface area contributed by atoms with E-state index in [1.54, 1.807) is 17.5 Å². The molecule has 1 aliphatic rings. The van der Waals surface area contributed by atoms with Crippen molar-refractivity contribution in [2.24, 2.45) is 0 Å². The topological polar surface area (TPSA) is 88.3 Å². The van der Waals surface area contributed by atoms with Gasteiger partial charge in [0.1, 0.15) is 11.5 Å². The Morgan fingerprint density at radius 2 is 1.97 bits per heavy atom. The number of amides is 2. The molecule has 1 fully saturated rings. The first-order chi connectivity index (χ1) is 15.7. The van der Waals surface area contributed by atoms with Gasteiger partial charge in [-0.1, -0.05) is 55.7 Å². The average molecular weight is 487 g/mol. The highest BCUT2D eigenvalue weighted by Gasteiger charge is 2.27. The first-order valence-corrected chi connectivity index (χ1v) is 12.2. The lowest BCUT2D eigenvalue weighted by molar-refractivity contribution is -0.131. The Balaban J connectivity index is 1.31. The summed E-state index contributed by atoms with van der Waals surface area (Å²) in [5.74, 6) is 1.10. The molecule has 174 valence electrons. The van der Waals surface area contributed by atoms with Gasteiger partial charge >= 0.3 is 0 Å². The van der Waals surface area contributed by atoms with Crippen molar-refractivity contribution in [3.8, 4) is 0 Å².